The Hall–Kier alpha value is 0.480. The van der Waals surface area contributed by atoms with E-state index in [-0.39, 0.29) is 0 Å². The molecule has 2 unspecified atom stereocenters. The van der Waals surface area contributed by atoms with Gasteiger partial charge in [0, 0.05) is 5.33 Å². The van der Waals surface area contributed by atoms with E-state index in [1.807, 2.05) is 0 Å². The third kappa shape index (κ3) is 2.61. The Kier molecular flexibility index (Phi) is 3.75. The Morgan fingerprint density at radius 3 is 2.70 bits per heavy atom. The van der Waals surface area contributed by atoms with E-state index in [2.05, 4.69) is 22.9 Å². The molecule has 2 atom stereocenters. The lowest BCUT2D eigenvalue weighted by atomic mass is 9.96. The van der Waals surface area contributed by atoms with E-state index in [4.69, 9.17) is 0 Å². The molecule has 0 aliphatic heterocycles. The molecule has 0 radical (unpaired) electrons. The third-order valence-electron chi connectivity index (χ3n) is 2.51. The van der Waals surface area contributed by atoms with Crippen LogP contribution in [0.5, 0.6) is 0 Å². The zero-order valence-corrected chi connectivity index (χ0v) is 8.36. The van der Waals surface area contributed by atoms with Crippen LogP contribution in [0.25, 0.3) is 0 Å². The highest BCUT2D eigenvalue weighted by Gasteiger charge is 2.15. The molecule has 1 saturated carbocycles. The predicted molar refractivity (Wildman–Crippen MR) is 49.5 cm³/mol. The minimum absolute atomic E-state index is 0.970. The van der Waals surface area contributed by atoms with Crippen molar-refractivity contribution in [3.63, 3.8) is 0 Å². The molecule has 60 valence electrons. The van der Waals surface area contributed by atoms with Crippen LogP contribution < -0.4 is 0 Å². The zero-order chi connectivity index (χ0) is 7.40. The lowest BCUT2D eigenvalue weighted by Crippen LogP contribution is -2.03. The number of halogens is 1. The first-order chi connectivity index (χ1) is 4.83. The lowest BCUT2D eigenvalue weighted by molar-refractivity contribution is 0.430. The van der Waals surface area contributed by atoms with E-state index in [1.165, 1.54) is 37.4 Å². The van der Waals surface area contributed by atoms with Crippen molar-refractivity contribution >= 4 is 15.9 Å². The van der Waals surface area contributed by atoms with Crippen molar-refractivity contribution in [3.8, 4) is 0 Å². The summed E-state index contributed by atoms with van der Waals surface area (Å²) in [5, 5.41) is 1.22. The van der Waals surface area contributed by atoms with E-state index in [9.17, 15) is 0 Å². The highest BCUT2D eigenvalue weighted by molar-refractivity contribution is 9.09. The van der Waals surface area contributed by atoms with Crippen LogP contribution in [0.15, 0.2) is 0 Å². The van der Waals surface area contributed by atoms with E-state index in [0.29, 0.717) is 0 Å². The van der Waals surface area contributed by atoms with Gasteiger partial charge in [0.05, 0.1) is 0 Å². The van der Waals surface area contributed by atoms with E-state index in [1.54, 1.807) is 0 Å². The standard InChI is InChI=1S/C9H17Br/c1-8-4-2-3-5-9(6-8)7-10/h8-9H,2-7H2,1H3. The molecule has 0 aromatic carbocycles. The molecule has 1 heteroatoms. The molecule has 10 heavy (non-hydrogen) atoms. The van der Waals surface area contributed by atoms with Crippen LogP contribution in [0, 0.1) is 11.8 Å². The van der Waals surface area contributed by atoms with Crippen LogP contribution in [-0.2, 0) is 0 Å². The summed E-state index contributed by atoms with van der Waals surface area (Å²) >= 11 is 3.57. The van der Waals surface area contributed by atoms with Gasteiger partial charge in [-0.05, 0) is 24.7 Å². The molecule has 0 saturated heterocycles. The molecule has 0 aromatic rings. The van der Waals surface area contributed by atoms with Crippen molar-refractivity contribution in [2.24, 2.45) is 11.8 Å². The van der Waals surface area contributed by atoms with Gasteiger partial charge in [-0.3, -0.25) is 0 Å². The molecule has 0 spiro atoms. The minimum atomic E-state index is 0.970. The summed E-state index contributed by atoms with van der Waals surface area (Å²) in [6, 6.07) is 0. The van der Waals surface area contributed by atoms with Crippen LogP contribution in [0.3, 0.4) is 0 Å². The summed E-state index contributed by atoms with van der Waals surface area (Å²) in [5.41, 5.74) is 0. The Labute approximate surface area is 72.5 Å². The van der Waals surface area contributed by atoms with Gasteiger partial charge in [-0.25, -0.2) is 0 Å². The second kappa shape index (κ2) is 4.38. The largest absolute Gasteiger partial charge is 0.0925 e. The van der Waals surface area contributed by atoms with Gasteiger partial charge < -0.3 is 0 Å². The molecular weight excluding hydrogens is 188 g/mol. The summed E-state index contributed by atoms with van der Waals surface area (Å²) < 4.78 is 0. The lowest BCUT2D eigenvalue weighted by Gasteiger charge is -2.12. The number of hydrogen-bond donors (Lipinski definition) is 0. The van der Waals surface area contributed by atoms with Gasteiger partial charge in [-0.15, -0.1) is 0 Å². The Balaban J connectivity index is 2.30. The maximum absolute atomic E-state index is 3.57. The van der Waals surface area contributed by atoms with Crippen LogP contribution in [0.4, 0.5) is 0 Å². The molecule has 1 aliphatic rings. The fraction of sp³-hybridized carbons (Fsp3) is 1.00. The summed E-state index contributed by atoms with van der Waals surface area (Å²) in [6.07, 6.45) is 7.29. The summed E-state index contributed by atoms with van der Waals surface area (Å²) in [7, 11) is 0. The average molecular weight is 205 g/mol. The molecule has 0 N–H and O–H groups in total. The summed E-state index contributed by atoms with van der Waals surface area (Å²) in [4.78, 5) is 0. The van der Waals surface area contributed by atoms with Crippen LogP contribution >= 0.6 is 15.9 Å². The second-order valence-corrected chi connectivity index (χ2v) is 4.29. The van der Waals surface area contributed by atoms with E-state index < -0.39 is 0 Å². The van der Waals surface area contributed by atoms with Gasteiger partial charge in [0.25, 0.3) is 0 Å². The number of hydrogen-bond acceptors (Lipinski definition) is 0. The molecule has 1 aliphatic carbocycles. The first kappa shape index (κ1) is 8.58. The van der Waals surface area contributed by atoms with Crippen molar-refractivity contribution in [1.29, 1.82) is 0 Å². The van der Waals surface area contributed by atoms with Gasteiger partial charge in [0.1, 0.15) is 0 Å². The van der Waals surface area contributed by atoms with Crippen LogP contribution in [0.2, 0.25) is 0 Å². The van der Waals surface area contributed by atoms with Crippen LogP contribution in [0.1, 0.15) is 39.0 Å². The topological polar surface area (TPSA) is 0 Å². The fourth-order valence-corrected chi connectivity index (χ4v) is 2.46. The average Bonchev–Trinajstić information content (AvgIpc) is 2.13. The molecule has 0 bridgehead atoms. The fourth-order valence-electron chi connectivity index (χ4n) is 1.87. The van der Waals surface area contributed by atoms with Crippen molar-refractivity contribution in [2.45, 2.75) is 39.0 Å². The van der Waals surface area contributed by atoms with Crippen molar-refractivity contribution in [1.82, 2.24) is 0 Å². The molecule has 0 nitrogen and oxygen atoms in total. The van der Waals surface area contributed by atoms with Gasteiger partial charge in [0.15, 0.2) is 0 Å². The SMILES string of the molecule is CC1CCCCC(CBr)C1. The maximum atomic E-state index is 3.57. The third-order valence-corrected chi connectivity index (χ3v) is 3.43. The van der Waals surface area contributed by atoms with Crippen LogP contribution in [-0.4, -0.2) is 5.33 Å². The molecule has 0 amide bonds. The Morgan fingerprint density at radius 2 is 2.00 bits per heavy atom. The maximum Gasteiger partial charge on any atom is 0.00597 e. The normalized spacial score (nSPS) is 35.4. The molecule has 1 rings (SSSR count). The molecular formula is C9H17Br. The molecule has 1 fully saturated rings. The predicted octanol–water partition coefficient (Wildman–Crippen LogP) is 3.60. The quantitative estimate of drug-likeness (QED) is 0.453. The van der Waals surface area contributed by atoms with Gasteiger partial charge in [-0.1, -0.05) is 42.1 Å². The van der Waals surface area contributed by atoms with Gasteiger partial charge in [0.2, 0.25) is 0 Å². The summed E-state index contributed by atoms with van der Waals surface area (Å²) in [5.74, 6) is 1.95. The Morgan fingerprint density at radius 1 is 1.30 bits per heavy atom. The molecule has 0 aromatic heterocycles. The second-order valence-electron chi connectivity index (χ2n) is 3.65. The number of alkyl halides is 1. The van der Waals surface area contributed by atoms with Crippen molar-refractivity contribution < 1.29 is 0 Å². The Bertz CT molecular complexity index is 90.7. The molecule has 0 heterocycles. The smallest absolute Gasteiger partial charge is 0.00597 e. The summed E-state index contributed by atoms with van der Waals surface area (Å²) in [6.45, 7) is 2.39. The highest BCUT2D eigenvalue weighted by atomic mass is 79.9. The zero-order valence-electron chi connectivity index (χ0n) is 6.78. The monoisotopic (exact) mass is 204 g/mol. The van der Waals surface area contributed by atoms with Crippen molar-refractivity contribution in [3.05, 3.63) is 0 Å². The van der Waals surface area contributed by atoms with E-state index >= 15 is 0 Å². The van der Waals surface area contributed by atoms with Crippen molar-refractivity contribution in [2.75, 3.05) is 5.33 Å². The highest BCUT2D eigenvalue weighted by Crippen LogP contribution is 2.28. The minimum Gasteiger partial charge on any atom is -0.0925 e. The first-order valence-electron chi connectivity index (χ1n) is 4.39. The number of rotatable bonds is 1. The van der Waals surface area contributed by atoms with E-state index in [0.717, 1.165) is 11.8 Å². The van der Waals surface area contributed by atoms with Gasteiger partial charge >= 0.3 is 0 Å². The van der Waals surface area contributed by atoms with Gasteiger partial charge in [-0.2, -0.15) is 0 Å². The first-order valence-corrected chi connectivity index (χ1v) is 5.51.